The molecule has 1 heterocycles. The number of likely N-dealkylation sites (tertiary alicyclic amines) is 1. The van der Waals surface area contributed by atoms with Gasteiger partial charge in [0.05, 0.1) is 5.92 Å². The van der Waals surface area contributed by atoms with Crippen LogP contribution in [0.3, 0.4) is 0 Å². The molecule has 0 bridgehead atoms. The summed E-state index contributed by atoms with van der Waals surface area (Å²) in [5.74, 6) is -1.67. The molecule has 0 aromatic heterocycles. The number of benzene rings is 2. The molecule has 26 heavy (non-hydrogen) atoms. The minimum Gasteiger partial charge on any atom is -0.481 e. The van der Waals surface area contributed by atoms with Crippen molar-refractivity contribution in [3.05, 3.63) is 48.0 Å². The monoisotopic (exact) mass is 354 g/mol. The van der Waals surface area contributed by atoms with Crippen LogP contribution in [-0.2, 0) is 9.59 Å². The third-order valence-corrected chi connectivity index (χ3v) is 4.76. The van der Waals surface area contributed by atoms with E-state index in [0.717, 1.165) is 10.8 Å². The molecule has 3 rings (SSSR count). The van der Waals surface area contributed by atoms with Crippen LogP contribution in [0.1, 0.15) is 29.6 Å². The Balaban J connectivity index is 1.51. The molecule has 1 saturated heterocycles. The molecule has 6 heteroatoms. The van der Waals surface area contributed by atoms with Crippen LogP contribution in [0.25, 0.3) is 10.8 Å². The van der Waals surface area contributed by atoms with Crippen molar-refractivity contribution in [2.45, 2.75) is 19.3 Å². The predicted molar refractivity (Wildman–Crippen MR) is 97.8 cm³/mol. The fourth-order valence-electron chi connectivity index (χ4n) is 3.28. The Bertz CT molecular complexity index is 833. The van der Waals surface area contributed by atoms with E-state index in [4.69, 9.17) is 5.11 Å². The lowest BCUT2D eigenvalue weighted by Gasteiger charge is -2.30. The van der Waals surface area contributed by atoms with E-state index in [1.165, 1.54) is 0 Å². The highest BCUT2D eigenvalue weighted by atomic mass is 16.4. The molecule has 0 spiro atoms. The van der Waals surface area contributed by atoms with Crippen molar-refractivity contribution in [3.8, 4) is 0 Å². The summed E-state index contributed by atoms with van der Waals surface area (Å²) in [6, 6.07) is 13.3. The molecule has 1 fully saturated rings. The number of nitrogens with one attached hydrogen (secondary N) is 1. The average Bonchev–Trinajstić information content (AvgIpc) is 2.67. The smallest absolute Gasteiger partial charge is 0.308 e. The van der Waals surface area contributed by atoms with E-state index < -0.39 is 11.9 Å². The maximum Gasteiger partial charge on any atom is 0.308 e. The van der Waals surface area contributed by atoms with Crippen LogP contribution in [0.5, 0.6) is 0 Å². The third-order valence-electron chi connectivity index (χ3n) is 4.76. The molecule has 2 aromatic carbocycles. The fourth-order valence-corrected chi connectivity index (χ4v) is 3.28. The molecule has 0 aliphatic carbocycles. The molecular weight excluding hydrogens is 332 g/mol. The lowest BCUT2D eigenvalue weighted by molar-refractivity contribution is -0.145. The van der Waals surface area contributed by atoms with Crippen molar-refractivity contribution in [2.24, 2.45) is 5.92 Å². The number of carboxylic acids is 1. The van der Waals surface area contributed by atoms with Crippen molar-refractivity contribution in [2.75, 3.05) is 19.6 Å². The Hall–Kier alpha value is -2.89. The Kier molecular flexibility index (Phi) is 5.51. The second-order valence-corrected chi connectivity index (χ2v) is 6.58. The second-order valence-electron chi connectivity index (χ2n) is 6.58. The van der Waals surface area contributed by atoms with Gasteiger partial charge in [0.2, 0.25) is 5.91 Å². The Labute approximate surface area is 151 Å². The average molecular weight is 354 g/mol. The van der Waals surface area contributed by atoms with E-state index in [2.05, 4.69) is 5.32 Å². The van der Waals surface area contributed by atoms with Gasteiger partial charge in [-0.15, -0.1) is 0 Å². The number of piperidine rings is 1. The van der Waals surface area contributed by atoms with E-state index in [9.17, 15) is 14.4 Å². The first-order valence-corrected chi connectivity index (χ1v) is 8.82. The summed E-state index contributed by atoms with van der Waals surface area (Å²) in [5.41, 5.74) is 0.556. The molecule has 2 aromatic rings. The normalized spacial score (nSPS) is 17.1. The number of hydrogen-bond acceptors (Lipinski definition) is 3. The molecular formula is C20H22N2O4. The van der Waals surface area contributed by atoms with E-state index in [0.29, 0.717) is 24.9 Å². The van der Waals surface area contributed by atoms with Gasteiger partial charge < -0.3 is 15.3 Å². The van der Waals surface area contributed by atoms with E-state index in [1.54, 1.807) is 11.0 Å². The number of nitrogens with zero attached hydrogens (tertiary/aromatic N) is 1. The van der Waals surface area contributed by atoms with Gasteiger partial charge in [-0.1, -0.05) is 30.3 Å². The molecule has 1 aliphatic rings. The minimum atomic E-state index is -0.855. The van der Waals surface area contributed by atoms with E-state index in [-0.39, 0.29) is 31.3 Å². The summed E-state index contributed by atoms with van der Waals surface area (Å²) >= 11 is 0. The Morgan fingerprint density at radius 2 is 1.88 bits per heavy atom. The summed E-state index contributed by atoms with van der Waals surface area (Å²) in [5, 5.41) is 13.9. The number of aliphatic carboxylic acids is 1. The number of fused-ring (bicyclic) bond motifs is 1. The van der Waals surface area contributed by atoms with Crippen molar-refractivity contribution in [1.29, 1.82) is 0 Å². The molecule has 0 radical (unpaired) electrons. The van der Waals surface area contributed by atoms with Gasteiger partial charge in [0.25, 0.3) is 5.91 Å². The number of carbonyl (C=O) groups excluding carboxylic acids is 2. The number of rotatable bonds is 5. The zero-order valence-electron chi connectivity index (χ0n) is 14.5. The molecule has 6 nitrogen and oxygen atoms in total. The van der Waals surface area contributed by atoms with Crippen LogP contribution in [0.4, 0.5) is 0 Å². The minimum absolute atomic E-state index is 0.116. The van der Waals surface area contributed by atoms with Gasteiger partial charge in [-0.3, -0.25) is 14.4 Å². The molecule has 2 amide bonds. The molecule has 2 N–H and O–H groups in total. The summed E-state index contributed by atoms with van der Waals surface area (Å²) < 4.78 is 0. The Morgan fingerprint density at radius 3 is 2.65 bits per heavy atom. The van der Waals surface area contributed by atoms with Gasteiger partial charge in [0.15, 0.2) is 0 Å². The largest absolute Gasteiger partial charge is 0.481 e. The lowest BCUT2D eigenvalue weighted by Crippen LogP contribution is -2.43. The van der Waals surface area contributed by atoms with E-state index in [1.807, 2.05) is 36.4 Å². The van der Waals surface area contributed by atoms with Crippen molar-refractivity contribution in [1.82, 2.24) is 10.2 Å². The standard InChI is InChI=1S/C20H22N2O4/c23-18(22-11-3-6-17(13-22)20(25)26)9-10-21-19(24)16-8-7-14-4-1-2-5-15(14)12-16/h1-2,4-5,7-8,12,17H,3,6,9-11,13H2,(H,21,24)(H,25,26)/t17-/m0/s1. The van der Waals surface area contributed by atoms with Crippen LogP contribution in [-0.4, -0.2) is 47.4 Å². The van der Waals surface area contributed by atoms with Gasteiger partial charge in [0, 0.05) is 31.6 Å². The fraction of sp³-hybridized carbons (Fsp3) is 0.350. The summed E-state index contributed by atoms with van der Waals surface area (Å²) in [6.45, 7) is 1.08. The highest BCUT2D eigenvalue weighted by Gasteiger charge is 2.27. The maximum atomic E-state index is 12.3. The molecule has 0 saturated carbocycles. The summed E-state index contributed by atoms with van der Waals surface area (Å²) in [7, 11) is 0. The molecule has 1 aliphatic heterocycles. The molecule has 136 valence electrons. The number of hydrogen-bond donors (Lipinski definition) is 2. The van der Waals surface area contributed by atoms with E-state index >= 15 is 0 Å². The van der Waals surface area contributed by atoms with Crippen molar-refractivity contribution >= 4 is 28.6 Å². The van der Waals surface area contributed by atoms with Gasteiger partial charge in [-0.25, -0.2) is 0 Å². The van der Waals surface area contributed by atoms with Gasteiger partial charge in [-0.2, -0.15) is 0 Å². The summed E-state index contributed by atoms with van der Waals surface area (Å²) in [6.07, 6.45) is 1.48. The van der Waals surface area contributed by atoms with Gasteiger partial charge in [-0.05, 0) is 35.7 Å². The van der Waals surface area contributed by atoms with Crippen LogP contribution >= 0.6 is 0 Å². The maximum absolute atomic E-state index is 12.3. The molecule has 1 atom stereocenters. The van der Waals surface area contributed by atoms with Gasteiger partial charge in [0.1, 0.15) is 0 Å². The third kappa shape index (κ3) is 4.20. The van der Waals surface area contributed by atoms with Crippen LogP contribution in [0.2, 0.25) is 0 Å². The predicted octanol–water partition coefficient (Wildman–Crippen LogP) is 2.28. The van der Waals surface area contributed by atoms with Crippen LogP contribution in [0.15, 0.2) is 42.5 Å². The van der Waals surface area contributed by atoms with Crippen LogP contribution in [0, 0.1) is 5.92 Å². The number of carboxylic acid groups (broad SMARTS) is 1. The second kappa shape index (κ2) is 7.99. The highest BCUT2D eigenvalue weighted by molar-refractivity contribution is 5.98. The number of carbonyl (C=O) groups is 3. The van der Waals surface area contributed by atoms with Crippen LogP contribution < -0.4 is 5.32 Å². The zero-order valence-corrected chi connectivity index (χ0v) is 14.5. The lowest BCUT2D eigenvalue weighted by atomic mass is 9.98. The quantitative estimate of drug-likeness (QED) is 0.862. The Morgan fingerprint density at radius 1 is 1.12 bits per heavy atom. The van der Waals surface area contributed by atoms with Crippen molar-refractivity contribution in [3.63, 3.8) is 0 Å². The number of amides is 2. The molecule has 0 unspecified atom stereocenters. The first-order chi connectivity index (χ1) is 12.5. The highest BCUT2D eigenvalue weighted by Crippen LogP contribution is 2.17. The topological polar surface area (TPSA) is 86.7 Å². The SMILES string of the molecule is O=C(NCCC(=O)N1CCC[C@H](C(=O)O)C1)c1ccc2ccccc2c1. The zero-order chi connectivity index (χ0) is 18.5. The first-order valence-electron chi connectivity index (χ1n) is 8.82. The van der Waals surface area contributed by atoms with Crippen molar-refractivity contribution < 1.29 is 19.5 Å². The summed E-state index contributed by atoms with van der Waals surface area (Å²) in [4.78, 5) is 37.2. The first kappa shape index (κ1) is 17.9. The van der Waals surface area contributed by atoms with Gasteiger partial charge >= 0.3 is 5.97 Å².